The highest BCUT2D eigenvalue weighted by molar-refractivity contribution is 5.35. The van der Waals surface area contributed by atoms with Gasteiger partial charge in [0.15, 0.2) is 12.3 Å². The minimum atomic E-state index is -1.43. The number of ether oxygens (including phenoxy) is 1. The van der Waals surface area contributed by atoms with E-state index in [1.807, 2.05) is 0 Å². The first-order valence-corrected chi connectivity index (χ1v) is 5.56. The molecule has 0 bridgehead atoms. The summed E-state index contributed by atoms with van der Waals surface area (Å²) >= 11 is 0. The zero-order chi connectivity index (χ0) is 14.2. The van der Waals surface area contributed by atoms with E-state index in [0.29, 0.717) is 5.56 Å². The van der Waals surface area contributed by atoms with E-state index in [1.165, 1.54) is 6.20 Å². The molecule has 1 aromatic heterocycles. The minimum Gasteiger partial charge on any atom is -0.394 e. The van der Waals surface area contributed by atoms with Crippen LogP contribution in [0.1, 0.15) is 11.8 Å². The summed E-state index contributed by atoms with van der Waals surface area (Å²) in [7, 11) is 0. The van der Waals surface area contributed by atoms with E-state index in [1.54, 1.807) is 6.92 Å². The maximum Gasteiger partial charge on any atom is 0.351 e. The molecule has 0 aromatic carbocycles. The molecular formula is C10H14FN3O5. The Morgan fingerprint density at radius 3 is 2.95 bits per heavy atom. The molecule has 8 nitrogen and oxygen atoms in total. The molecule has 2 rings (SSSR count). The van der Waals surface area contributed by atoms with Gasteiger partial charge in [0.2, 0.25) is 0 Å². The number of hydrogen-bond acceptors (Lipinski definition) is 7. The van der Waals surface area contributed by atoms with Gasteiger partial charge in [-0.1, -0.05) is 0 Å². The number of nitrogen functional groups attached to an aromatic ring is 1. The molecule has 1 unspecified atom stereocenters. The molecule has 1 aliphatic rings. The molecule has 1 fully saturated rings. The van der Waals surface area contributed by atoms with Crippen LogP contribution in [0.25, 0.3) is 0 Å². The molecule has 106 valence electrons. The second-order valence-electron chi connectivity index (χ2n) is 4.29. The van der Waals surface area contributed by atoms with Crippen LogP contribution in [0, 0.1) is 6.92 Å². The summed E-state index contributed by atoms with van der Waals surface area (Å²) < 4.78 is 18.7. The molecule has 0 saturated carbocycles. The molecule has 1 aromatic rings. The lowest BCUT2D eigenvalue weighted by Crippen LogP contribution is -2.37. The van der Waals surface area contributed by atoms with Crippen LogP contribution in [-0.4, -0.2) is 44.7 Å². The third-order valence-corrected chi connectivity index (χ3v) is 3.04. The molecule has 1 aliphatic heterocycles. The topological polar surface area (TPSA) is 120 Å². The molecule has 0 amide bonds. The largest absolute Gasteiger partial charge is 0.394 e. The van der Waals surface area contributed by atoms with Crippen molar-refractivity contribution in [3.63, 3.8) is 0 Å². The number of aliphatic hydroxyl groups is 2. The fourth-order valence-electron chi connectivity index (χ4n) is 1.95. The van der Waals surface area contributed by atoms with E-state index < -0.39 is 36.8 Å². The number of halogens is 1. The van der Waals surface area contributed by atoms with Gasteiger partial charge in [-0.3, -0.25) is 4.57 Å². The third-order valence-electron chi connectivity index (χ3n) is 3.04. The van der Waals surface area contributed by atoms with Crippen molar-refractivity contribution in [1.29, 1.82) is 0 Å². The van der Waals surface area contributed by atoms with Gasteiger partial charge in [-0.25, -0.2) is 4.79 Å². The van der Waals surface area contributed by atoms with Gasteiger partial charge in [-0.15, -0.1) is 0 Å². The Hall–Kier alpha value is -1.55. The number of hydrogen-bond donors (Lipinski definition) is 3. The second-order valence-corrected chi connectivity index (χ2v) is 4.29. The van der Waals surface area contributed by atoms with Gasteiger partial charge in [0, 0.05) is 11.8 Å². The number of rotatable bonds is 3. The van der Waals surface area contributed by atoms with E-state index in [4.69, 9.17) is 15.6 Å². The Bertz CT molecular complexity index is 522. The van der Waals surface area contributed by atoms with Crippen molar-refractivity contribution in [2.24, 2.45) is 0 Å². The molecule has 0 radical (unpaired) electrons. The summed E-state index contributed by atoms with van der Waals surface area (Å²) in [5.74, 6) is 0.0521. The summed E-state index contributed by atoms with van der Waals surface area (Å²) in [5.41, 5.74) is 5.20. The maximum absolute atomic E-state index is 12.5. The van der Waals surface area contributed by atoms with Crippen LogP contribution in [0.5, 0.6) is 0 Å². The van der Waals surface area contributed by atoms with Crippen LogP contribution < -0.4 is 11.4 Å². The predicted octanol–water partition coefficient (Wildman–Crippen LogP) is -1.35. The van der Waals surface area contributed by atoms with Gasteiger partial charge in [-0.05, 0) is 11.4 Å². The number of aryl methyl sites for hydroxylation is 1. The number of aromatic nitrogens is 2. The monoisotopic (exact) mass is 275 g/mol. The van der Waals surface area contributed by atoms with Gasteiger partial charge in [0.25, 0.3) is 0 Å². The molecule has 4 atom stereocenters. The average Bonchev–Trinajstić information content (AvgIpc) is 2.70. The third kappa shape index (κ3) is 2.32. The smallest absolute Gasteiger partial charge is 0.351 e. The van der Waals surface area contributed by atoms with E-state index in [2.05, 4.69) is 9.93 Å². The summed E-state index contributed by atoms with van der Waals surface area (Å²) in [6.07, 6.45) is -3.77. The lowest BCUT2D eigenvalue weighted by molar-refractivity contribution is -0.221. The van der Waals surface area contributed by atoms with Crippen LogP contribution >= 0.6 is 0 Å². The minimum absolute atomic E-state index is 0.0521. The SMILES string of the molecule is Cc1cn([C@@H]2OC(CO)[C@@H](O)[C@H]2OF)c(=O)nc1N. The number of nitrogens with zero attached hydrogens (tertiary/aromatic N) is 2. The first kappa shape index (κ1) is 13.9. The predicted molar refractivity (Wildman–Crippen MR) is 60.6 cm³/mol. The number of aliphatic hydroxyl groups excluding tert-OH is 2. The lowest BCUT2D eigenvalue weighted by atomic mass is 10.1. The Balaban J connectivity index is 2.41. The van der Waals surface area contributed by atoms with Crippen molar-refractivity contribution in [3.05, 3.63) is 22.2 Å². The molecular weight excluding hydrogens is 261 g/mol. The first-order valence-electron chi connectivity index (χ1n) is 5.56. The highest BCUT2D eigenvalue weighted by Crippen LogP contribution is 2.31. The highest BCUT2D eigenvalue weighted by Gasteiger charge is 2.46. The quantitative estimate of drug-likeness (QED) is 0.624. The lowest BCUT2D eigenvalue weighted by Gasteiger charge is -2.18. The first-order chi connectivity index (χ1) is 8.99. The molecule has 0 spiro atoms. The number of nitrogens with two attached hydrogens (primary N) is 1. The van der Waals surface area contributed by atoms with Crippen LogP contribution in [0.3, 0.4) is 0 Å². The Labute approximate surface area is 107 Å². The van der Waals surface area contributed by atoms with E-state index in [-0.39, 0.29) is 5.82 Å². The van der Waals surface area contributed by atoms with Crippen LogP contribution in [0.15, 0.2) is 11.0 Å². The van der Waals surface area contributed by atoms with Gasteiger partial charge in [-0.2, -0.15) is 9.93 Å². The number of anilines is 1. The Kier molecular flexibility index (Phi) is 3.80. The van der Waals surface area contributed by atoms with Crippen LogP contribution in [0.4, 0.5) is 10.3 Å². The van der Waals surface area contributed by atoms with E-state index >= 15 is 0 Å². The standard InChI is InChI=1S/C10H14FN3O5/c1-4-2-14(10(17)13-8(4)12)9-7(19-11)6(16)5(3-15)18-9/h2,5-7,9,15-16H,3H2,1H3,(H2,12,13,17)/t5?,6-,7-,9-/m1/s1. The van der Waals surface area contributed by atoms with Crippen molar-refractivity contribution in [2.45, 2.75) is 31.5 Å². The summed E-state index contributed by atoms with van der Waals surface area (Å²) in [4.78, 5) is 18.9. The van der Waals surface area contributed by atoms with Crippen molar-refractivity contribution in [1.82, 2.24) is 9.55 Å². The Morgan fingerprint density at radius 1 is 1.68 bits per heavy atom. The fourth-order valence-corrected chi connectivity index (χ4v) is 1.95. The van der Waals surface area contributed by atoms with Gasteiger partial charge in [0.05, 0.1) is 6.61 Å². The van der Waals surface area contributed by atoms with Gasteiger partial charge < -0.3 is 20.7 Å². The molecule has 19 heavy (non-hydrogen) atoms. The Morgan fingerprint density at radius 2 is 2.37 bits per heavy atom. The summed E-state index contributed by atoms with van der Waals surface area (Å²) in [6.45, 7) is 1.08. The van der Waals surface area contributed by atoms with E-state index in [9.17, 15) is 14.4 Å². The average molecular weight is 275 g/mol. The molecule has 0 aliphatic carbocycles. The summed E-state index contributed by atoms with van der Waals surface area (Å²) in [5, 5.41) is 18.7. The zero-order valence-corrected chi connectivity index (χ0v) is 10.1. The van der Waals surface area contributed by atoms with Gasteiger partial charge in [0.1, 0.15) is 18.0 Å². The van der Waals surface area contributed by atoms with Crippen molar-refractivity contribution in [2.75, 3.05) is 12.3 Å². The normalized spacial score (nSPS) is 30.7. The maximum atomic E-state index is 12.5. The second kappa shape index (κ2) is 5.21. The summed E-state index contributed by atoms with van der Waals surface area (Å²) in [6, 6.07) is 0. The molecule has 1 saturated heterocycles. The molecule has 2 heterocycles. The van der Waals surface area contributed by atoms with E-state index in [0.717, 1.165) is 4.57 Å². The zero-order valence-electron chi connectivity index (χ0n) is 10.1. The fraction of sp³-hybridized carbons (Fsp3) is 0.600. The van der Waals surface area contributed by atoms with Gasteiger partial charge >= 0.3 is 5.69 Å². The van der Waals surface area contributed by atoms with Crippen LogP contribution in [-0.2, 0) is 9.68 Å². The molecule has 9 heteroatoms. The van der Waals surface area contributed by atoms with Crippen molar-refractivity contribution < 1.29 is 24.4 Å². The van der Waals surface area contributed by atoms with Crippen molar-refractivity contribution >= 4 is 5.82 Å². The molecule has 4 N–H and O–H groups in total. The van der Waals surface area contributed by atoms with Crippen LogP contribution in [0.2, 0.25) is 0 Å². The van der Waals surface area contributed by atoms with Crippen molar-refractivity contribution in [3.8, 4) is 0 Å². The highest BCUT2D eigenvalue weighted by atomic mass is 19.3.